The number of pyridine rings is 1. The van der Waals surface area contributed by atoms with Crippen LogP contribution in [0.5, 0.6) is 0 Å². The summed E-state index contributed by atoms with van der Waals surface area (Å²) in [4.78, 5) is 24.7. The lowest BCUT2D eigenvalue weighted by Crippen LogP contribution is -2.15. The Balaban J connectivity index is 1.25. The molecule has 0 saturated heterocycles. The zero-order valence-corrected chi connectivity index (χ0v) is 18.7. The summed E-state index contributed by atoms with van der Waals surface area (Å²) in [5.41, 5.74) is 1.59. The minimum absolute atomic E-state index is 0.0444. The van der Waals surface area contributed by atoms with Crippen molar-refractivity contribution in [2.45, 2.75) is 17.2 Å². The maximum Gasteiger partial charge on any atom is 0.263 e. The van der Waals surface area contributed by atoms with Crippen molar-refractivity contribution in [2.75, 3.05) is 10.0 Å². The Bertz CT molecular complexity index is 1450. The normalized spacial score (nSPS) is 17.5. The van der Waals surface area contributed by atoms with Gasteiger partial charge in [-0.05, 0) is 42.2 Å². The second-order valence-electron chi connectivity index (χ2n) is 7.76. The Morgan fingerprint density at radius 2 is 1.82 bits per heavy atom. The third kappa shape index (κ3) is 4.50. The van der Waals surface area contributed by atoms with Crippen molar-refractivity contribution >= 4 is 49.8 Å². The van der Waals surface area contributed by atoms with Crippen molar-refractivity contribution in [3.63, 3.8) is 0 Å². The second kappa shape index (κ2) is 8.42. The van der Waals surface area contributed by atoms with Crippen molar-refractivity contribution in [1.29, 1.82) is 0 Å². The van der Waals surface area contributed by atoms with Crippen LogP contribution in [0.25, 0.3) is 10.8 Å². The molecule has 2 N–H and O–H groups in total. The smallest absolute Gasteiger partial charge is 0.263 e. The summed E-state index contributed by atoms with van der Waals surface area (Å²) < 4.78 is 27.5. The van der Waals surface area contributed by atoms with Crippen LogP contribution in [0.15, 0.2) is 78.3 Å². The van der Waals surface area contributed by atoms with Gasteiger partial charge in [-0.1, -0.05) is 29.8 Å². The first-order chi connectivity index (χ1) is 15.9. The van der Waals surface area contributed by atoms with Crippen LogP contribution in [0.1, 0.15) is 17.9 Å². The molecule has 5 rings (SSSR count). The summed E-state index contributed by atoms with van der Waals surface area (Å²) >= 11 is 6.20. The number of nitrogens with zero attached hydrogens (tertiary/aromatic N) is 3. The lowest BCUT2D eigenvalue weighted by atomic mass is 10.1. The highest BCUT2D eigenvalue weighted by Gasteiger charge is 2.44. The summed E-state index contributed by atoms with van der Waals surface area (Å²) in [5.74, 6) is -0.0611. The molecule has 0 radical (unpaired) electrons. The molecule has 0 aliphatic heterocycles. The van der Waals surface area contributed by atoms with Crippen molar-refractivity contribution in [3.8, 4) is 0 Å². The molecule has 2 heterocycles. The van der Waals surface area contributed by atoms with E-state index in [9.17, 15) is 13.2 Å². The Kier molecular flexibility index (Phi) is 5.43. The molecule has 1 saturated carbocycles. The third-order valence-corrected chi connectivity index (χ3v) is 7.20. The fraction of sp³-hybridized carbons (Fsp3) is 0.130. The molecule has 1 fully saturated rings. The first-order valence-corrected chi connectivity index (χ1v) is 12.0. The molecule has 0 bridgehead atoms. The van der Waals surface area contributed by atoms with Crippen molar-refractivity contribution in [3.05, 3.63) is 84.0 Å². The third-order valence-electron chi connectivity index (χ3n) is 5.53. The van der Waals surface area contributed by atoms with E-state index in [1.54, 1.807) is 24.5 Å². The Morgan fingerprint density at radius 3 is 2.58 bits per heavy atom. The van der Waals surface area contributed by atoms with Gasteiger partial charge in [0.2, 0.25) is 5.91 Å². The minimum atomic E-state index is -3.77. The minimum Gasteiger partial charge on any atom is -0.326 e. The number of carbonyl (C=O) groups excluding carboxylic acids is 1. The summed E-state index contributed by atoms with van der Waals surface area (Å²) in [6.07, 6.45) is 8.19. The van der Waals surface area contributed by atoms with E-state index in [1.165, 1.54) is 30.7 Å². The number of anilines is 2. The van der Waals surface area contributed by atoms with Gasteiger partial charge in [-0.2, -0.15) is 0 Å². The van der Waals surface area contributed by atoms with Gasteiger partial charge in [-0.25, -0.2) is 13.4 Å². The van der Waals surface area contributed by atoms with E-state index in [4.69, 9.17) is 11.6 Å². The fourth-order valence-electron chi connectivity index (χ4n) is 3.74. The van der Waals surface area contributed by atoms with Crippen LogP contribution in [-0.2, 0) is 14.8 Å². The molecule has 0 spiro atoms. The maximum atomic E-state index is 12.7. The van der Waals surface area contributed by atoms with E-state index in [0.29, 0.717) is 17.1 Å². The van der Waals surface area contributed by atoms with Gasteiger partial charge in [0.1, 0.15) is 0 Å². The van der Waals surface area contributed by atoms with E-state index in [1.807, 2.05) is 18.2 Å². The lowest BCUT2D eigenvalue weighted by molar-refractivity contribution is -0.117. The average Bonchev–Trinajstić information content (AvgIpc) is 3.61. The van der Waals surface area contributed by atoms with E-state index in [-0.39, 0.29) is 28.5 Å². The number of aromatic nitrogens is 3. The van der Waals surface area contributed by atoms with Crippen LogP contribution in [0.2, 0.25) is 5.02 Å². The van der Waals surface area contributed by atoms with Gasteiger partial charge in [0, 0.05) is 47.2 Å². The molecular formula is C23H18ClN5O3S. The number of hydrogen-bond donors (Lipinski definition) is 2. The Morgan fingerprint density at radius 1 is 1.00 bits per heavy atom. The molecule has 10 heteroatoms. The number of sulfonamides is 1. The van der Waals surface area contributed by atoms with Crippen LogP contribution in [-0.4, -0.2) is 29.3 Å². The first kappa shape index (κ1) is 21.3. The molecule has 4 aromatic rings. The lowest BCUT2D eigenvalue weighted by Gasteiger charge is -2.09. The molecule has 33 heavy (non-hydrogen) atoms. The number of hydrogen-bond acceptors (Lipinski definition) is 6. The van der Waals surface area contributed by atoms with E-state index >= 15 is 0 Å². The predicted octanol–water partition coefficient (Wildman–Crippen LogP) is 4.22. The number of carbonyl (C=O) groups is 1. The van der Waals surface area contributed by atoms with E-state index in [0.717, 1.165) is 16.3 Å². The number of halogens is 1. The zero-order chi connectivity index (χ0) is 23.0. The van der Waals surface area contributed by atoms with Crippen LogP contribution >= 0.6 is 11.6 Å². The van der Waals surface area contributed by atoms with Gasteiger partial charge in [0.25, 0.3) is 10.0 Å². The van der Waals surface area contributed by atoms with Gasteiger partial charge >= 0.3 is 0 Å². The van der Waals surface area contributed by atoms with Gasteiger partial charge < -0.3 is 5.32 Å². The number of amides is 1. The number of rotatable bonds is 6. The molecule has 2 atom stereocenters. The molecule has 2 aromatic carbocycles. The highest BCUT2D eigenvalue weighted by molar-refractivity contribution is 7.92. The molecule has 1 aliphatic rings. The van der Waals surface area contributed by atoms with Gasteiger partial charge in [0.15, 0.2) is 5.82 Å². The predicted molar refractivity (Wildman–Crippen MR) is 126 cm³/mol. The molecule has 2 aromatic heterocycles. The van der Waals surface area contributed by atoms with Crippen LogP contribution in [0.4, 0.5) is 11.5 Å². The molecule has 2 unspecified atom stereocenters. The molecule has 166 valence electrons. The van der Waals surface area contributed by atoms with Crippen LogP contribution in [0.3, 0.4) is 0 Å². The number of benzene rings is 2. The number of nitrogens with one attached hydrogen (secondary N) is 2. The second-order valence-corrected chi connectivity index (χ2v) is 9.85. The molecular weight excluding hydrogens is 462 g/mol. The summed E-state index contributed by atoms with van der Waals surface area (Å²) in [7, 11) is -3.77. The van der Waals surface area contributed by atoms with Crippen LogP contribution < -0.4 is 10.0 Å². The van der Waals surface area contributed by atoms with Gasteiger partial charge in [-0.3, -0.25) is 19.5 Å². The molecule has 1 aliphatic carbocycles. The van der Waals surface area contributed by atoms with Crippen LogP contribution in [0, 0.1) is 5.92 Å². The monoisotopic (exact) mass is 479 g/mol. The maximum absolute atomic E-state index is 12.7. The largest absolute Gasteiger partial charge is 0.326 e. The Labute approximate surface area is 195 Å². The topological polar surface area (TPSA) is 114 Å². The Hall–Kier alpha value is -3.56. The standard InChI is InChI=1S/C23H18ClN5O3S/c24-21-12-26-11-15-1-4-16(9-19(15)21)28-23(30)20-10-18(20)14-2-5-17(6-3-14)33(31,32)29-22-13-25-7-8-27-22/h1-9,11-13,18,20H,10H2,(H,27,29)(H,28,30). The molecule has 1 amide bonds. The fourth-order valence-corrected chi connectivity index (χ4v) is 4.95. The quantitative estimate of drug-likeness (QED) is 0.428. The SMILES string of the molecule is O=C(Nc1ccc2cncc(Cl)c2c1)C1CC1c1ccc(S(=O)(=O)Nc2cnccn2)cc1. The van der Waals surface area contributed by atoms with Gasteiger partial charge in [0.05, 0.1) is 16.1 Å². The summed E-state index contributed by atoms with van der Waals surface area (Å²) in [6, 6.07) is 12.1. The number of fused-ring (bicyclic) bond motifs is 1. The highest BCUT2D eigenvalue weighted by Crippen LogP contribution is 2.48. The summed E-state index contributed by atoms with van der Waals surface area (Å²) in [6.45, 7) is 0. The van der Waals surface area contributed by atoms with E-state index < -0.39 is 10.0 Å². The zero-order valence-electron chi connectivity index (χ0n) is 17.1. The van der Waals surface area contributed by atoms with E-state index in [2.05, 4.69) is 25.0 Å². The van der Waals surface area contributed by atoms with Gasteiger partial charge in [-0.15, -0.1) is 0 Å². The highest BCUT2D eigenvalue weighted by atomic mass is 35.5. The average molecular weight is 480 g/mol. The summed E-state index contributed by atoms with van der Waals surface area (Å²) in [5, 5.41) is 5.19. The van der Waals surface area contributed by atoms with Crippen molar-refractivity contribution in [2.24, 2.45) is 5.92 Å². The van der Waals surface area contributed by atoms with Crippen molar-refractivity contribution < 1.29 is 13.2 Å². The van der Waals surface area contributed by atoms with Crippen molar-refractivity contribution in [1.82, 2.24) is 15.0 Å². The first-order valence-electron chi connectivity index (χ1n) is 10.1. The molecule has 8 nitrogen and oxygen atoms in total.